The van der Waals surface area contributed by atoms with Crippen molar-refractivity contribution in [3.8, 4) is 5.75 Å². The minimum absolute atomic E-state index is 0.0767. The summed E-state index contributed by atoms with van der Waals surface area (Å²) < 4.78 is 37.8. The van der Waals surface area contributed by atoms with Crippen molar-refractivity contribution in [3.05, 3.63) is 48.8 Å². The van der Waals surface area contributed by atoms with Crippen LogP contribution >= 0.6 is 15.9 Å². The number of hydrogen-bond donors (Lipinski definition) is 2. The predicted octanol–water partition coefficient (Wildman–Crippen LogP) is 2.38. The first kappa shape index (κ1) is 13.6. The molecule has 2 rings (SSSR count). The van der Waals surface area contributed by atoms with Crippen LogP contribution in [0.2, 0.25) is 0 Å². The van der Waals surface area contributed by atoms with Crippen LogP contribution in [0.4, 0.5) is 13.2 Å². The molecule has 1 aromatic heterocycles. The SMILES string of the molecule is O=c1cc(O)c2c(Br)cc(C(F)(F)F)cc2[nH]c1=O. The van der Waals surface area contributed by atoms with Crippen LogP contribution in [-0.4, -0.2) is 10.1 Å². The fraction of sp³-hybridized carbons (Fsp3) is 0.0909. The molecule has 2 N–H and O–H groups in total. The van der Waals surface area contributed by atoms with Gasteiger partial charge in [-0.05, 0) is 28.1 Å². The number of aromatic nitrogens is 1. The number of H-pyrrole nitrogens is 1. The Morgan fingerprint density at radius 2 is 1.79 bits per heavy atom. The van der Waals surface area contributed by atoms with E-state index in [1.165, 1.54) is 0 Å². The Hall–Kier alpha value is -1.83. The maximum Gasteiger partial charge on any atom is 0.416 e. The van der Waals surface area contributed by atoms with Gasteiger partial charge in [0.1, 0.15) is 5.75 Å². The number of alkyl halides is 3. The zero-order valence-electron chi connectivity index (χ0n) is 9.01. The first-order valence-electron chi connectivity index (χ1n) is 4.87. The molecule has 0 aliphatic rings. The van der Waals surface area contributed by atoms with Gasteiger partial charge in [-0.25, -0.2) is 0 Å². The molecule has 1 heterocycles. The molecule has 100 valence electrons. The normalized spacial score (nSPS) is 11.8. The Morgan fingerprint density at radius 3 is 2.37 bits per heavy atom. The zero-order chi connectivity index (χ0) is 14.4. The summed E-state index contributed by atoms with van der Waals surface area (Å²) in [5, 5.41) is 9.56. The largest absolute Gasteiger partial charge is 0.507 e. The summed E-state index contributed by atoms with van der Waals surface area (Å²) in [7, 11) is 0. The van der Waals surface area contributed by atoms with Gasteiger partial charge < -0.3 is 10.1 Å². The van der Waals surface area contributed by atoms with Gasteiger partial charge in [-0.2, -0.15) is 13.2 Å². The number of fused-ring (bicyclic) bond motifs is 1. The highest BCUT2D eigenvalue weighted by molar-refractivity contribution is 9.10. The fourth-order valence-electron chi connectivity index (χ4n) is 1.58. The van der Waals surface area contributed by atoms with Crippen LogP contribution in [0.1, 0.15) is 5.56 Å². The van der Waals surface area contributed by atoms with E-state index in [9.17, 15) is 27.9 Å². The van der Waals surface area contributed by atoms with Gasteiger partial charge in [0.05, 0.1) is 16.5 Å². The van der Waals surface area contributed by atoms with Crippen LogP contribution in [0, 0.1) is 0 Å². The first-order valence-corrected chi connectivity index (χ1v) is 5.66. The lowest BCUT2D eigenvalue weighted by Gasteiger charge is -2.08. The summed E-state index contributed by atoms with van der Waals surface area (Å²) in [5.41, 5.74) is -3.46. The molecule has 0 bridgehead atoms. The van der Waals surface area contributed by atoms with Crippen LogP contribution in [0.15, 0.2) is 32.3 Å². The number of hydrogen-bond acceptors (Lipinski definition) is 3. The van der Waals surface area contributed by atoms with Gasteiger partial charge in [-0.1, -0.05) is 0 Å². The molecular weight excluding hydrogens is 331 g/mol. The summed E-state index contributed by atoms with van der Waals surface area (Å²) in [4.78, 5) is 24.5. The molecule has 0 saturated heterocycles. The van der Waals surface area contributed by atoms with Crippen molar-refractivity contribution in [1.29, 1.82) is 0 Å². The van der Waals surface area contributed by atoms with Crippen LogP contribution in [-0.2, 0) is 6.18 Å². The average Bonchev–Trinajstić information content (AvgIpc) is 2.35. The van der Waals surface area contributed by atoms with Crippen molar-refractivity contribution in [1.82, 2.24) is 4.98 Å². The summed E-state index contributed by atoms with van der Waals surface area (Å²) in [6, 6.07) is 2.06. The van der Waals surface area contributed by atoms with E-state index in [1.54, 1.807) is 0 Å². The van der Waals surface area contributed by atoms with Gasteiger partial charge >= 0.3 is 6.18 Å². The van der Waals surface area contributed by atoms with Crippen molar-refractivity contribution in [2.45, 2.75) is 6.18 Å². The van der Waals surface area contributed by atoms with Crippen molar-refractivity contribution < 1.29 is 18.3 Å². The molecular formula is C11H5BrF3NO3. The number of halogens is 4. The lowest BCUT2D eigenvalue weighted by Crippen LogP contribution is -2.22. The van der Waals surface area contributed by atoms with Crippen molar-refractivity contribution in [2.24, 2.45) is 0 Å². The van der Waals surface area contributed by atoms with E-state index in [-0.39, 0.29) is 15.4 Å². The predicted molar refractivity (Wildman–Crippen MR) is 65.2 cm³/mol. The lowest BCUT2D eigenvalue weighted by atomic mass is 10.1. The smallest absolute Gasteiger partial charge is 0.416 e. The molecule has 0 fully saturated rings. The number of nitrogens with one attached hydrogen (secondary N) is 1. The molecule has 0 saturated carbocycles. The van der Waals surface area contributed by atoms with Gasteiger partial charge in [0.2, 0.25) is 5.43 Å². The van der Waals surface area contributed by atoms with E-state index < -0.39 is 28.5 Å². The monoisotopic (exact) mass is 335 g/mol. The number of aromatic hydroxyl groups is 1. The van der Waals surface area contributed by atoms with E-state index in [0.717, 1.165) is 6.07 Å². The molecule has 0 aliphatic heterocycles. The van der Waals surface area contributed by atoms with E-state index >= 15 is 0 Å². The van der Waals surface area contributed by atoms with E-state index in [2.05, 4.69) is 15.9 Å². The summed E-state index contributed by atoms with van der Waals surface area (Å²) in [5.74, 6) is -0.584. The minimum atomic E-state index is -4.61. The number of benzene rings is 1. The number of rotatable bonds is 0. The highest BCUT2D eigenvalue weighted by atomic mass is 79.9. The molecule has 19 heavy (non-hydrogen) atoms. The third kappa shape index (κ3) is 2.48. The zero-order valence-corrected chi connectivity index (χ0v) is 10.6. The van der Waals surface area contributed by atoms with Crippen molar-refractivity contribution in [3.63, 3.8) is 0 Å². The molecule has 4 nitrogen and oxygen atoms in total. The number of aromatic amines is 1. The molecule has 0 unspecified atom stereocenters. The average molecular weight is 336 g/mol. The Morgan fingerprint density at radius 1 is 1.16 bits per heavy atom. The van der Waals surface area contributed by atoms with Crippen molar-refractivity contribution in [2.75, 3.05) is 0 Å². The van der Waals surface area contributed by atoms with Crippen LogP contribution in [0.25, 0.3) is 10.9 Å². The molecule has 0 amide bonds. The van der Waals surface area contributed by atoms with Gasteiger partial charge in [-0.3, -0.25) is 9.59 Å². The molecule has 1 aromatic carbocycles. The molecule has 8 heteroatoms. The standard InChI is InChI=1S/C11H5BrF3NO3/c12-5-1-4(11(13,14)15)2-6-9(5)7(17)3-8(18)10(19)16-6/h1-3,17H,(H,16,18,19). The molecule has 0 atom stereocenters. The van der Waals surface area contributed by atoms with Gasteiger partial charge in [0, 0.05) is 10.5 Å². The highest BCUT2D eigenvalue weighted by Crippen LogP contribution is 2.36. The van der Waals surface area contributed by atoms with E-state index in [4.69, 9.17) is 0 Å². The lowest BCUT2D eigenvalue weighted by molar-refractivity contribution is -0.137. The first-order chi connectivity index (χ1) is 8.70. The Labute approximate surface area is 111 Å². The van der Waals surface area contributed by atoms with Crippen LogP contribution in [0.3, 0.4) is 0 Å². The topological polar surface area (TPSA) is 70.2 Å². The summed E-state index contributed by atoms with van der Waals surface area (Å²) >= 11 is 2.88. The van der Waals surface area contributed by atoms with Crippen LogP contribution in [0.5, 0.6) is 5.75 Å². The van der Waals surface area contributed by atoms with Crippen LogP contribution < -0.4 is 11.0 Å². The Bertz CT molecular complexity index is 783. The summed E-state index contributed by atoms with van der Waals surface area (Å²) in [6.07, 6.45) is -4.61. The second kappa shape index (κ2) is 4.37. The van der Waals surface area contributed by atoms with E-state index in [1.807, 2.05) is 4.98 Å². The Kier molecular flexibility index (Phi) is 3.13. The molecule has 0 spiro atoms. The second-order valence-corrected chi connectivity index (χ2v) is 4.58. The maximum atomic E-state index is 12.6. The van der Waals surface area contributed by atoms with Gasteiger partial charge in [-0.15, -0.1) is 0 Å². The maximum absolute atomic E-state index is 12.6. The van der Waals surface area contributed by atoms with Gasteiger partial charge in [0.25, 0.3) is 5.56 Å². The molecule has 0 aliphatic carbocycles. The molecule has 0 radical (unpaired) electrons. The van der Waals surface area contributed by atoms with E-state index in [0.29, 0.717) is 12.1 Å². The second-order valence-electron chi connectivity index (χ2n) is 3.73. The molecule has 2 aromatic rings. The quantitative estimate of drug-likeness (QED) is 0.726. The highest BCUT2D eigenvalue weighted by Gasteiger charge is 2.31. The minimum Gasteiger partial charge on any atom is -0.507 e. The third-order valence-electron chi connectivity index (χ3n) is 2.41. The summed E-state index contributed by atoms with van der Waals surface area (Å²) in [6.45, 7) is 0. The van der Waals surface area contributed by atoms with Gasteiger partial charge in [0.15, 0.2) is 0 Å². The Balaban J connectivity index is 3.02. The third-order valence-corrected chi connectivity index (χ3v) is 3.04. The fourth-order valence-corrected chi connectivity index (χ4v) is 2.24. The van der Waals surface area contributed by atoms with Crippen molar-refractivity contribution >= 4 is 26.8 Å².